The van der Waals surface area contributed by atoms with Gasteiger partial charge >= 0.3 is 5.97 Å². The van der Waals surface area contributed by atoms with Gasteiger partial charge in [0.15, 0.2) is 0 Å². The van der Waals surface area contributed by atoms with Crippen LogP contribution in [-0.2, 0) is 4.79 Å². The first-order valence-corrected chi connectivity index (χ1v) is 6.06. The van der Waals surface area contributed by atoms with Gasteiger partial charge in [-0.25, -0.2) is 0 Å². The van der Waals surface area contributed by atoms with Gasteiger partial charge in [0.2, 0.25) is 0 Å². The van der Waals surface area contributed by atoms with Crippen LogP contribution in [0.5, 0.6) is 0 Å². The van der Waals surface area contributed by atoms with Gasteiger partial charge in [0.1, 0.15) is 0 Å². The Labute approximate surface area is 90.0 Å². The summed E-state index contributed by atoms with van der Waals surface area (Å²) in [5.41, 5.74) is 6.25. The highest BCUT2D eigenvalue weighted by molar-refractivity contribution is 5.68. The molecule has 3 atom stereocenters. The van der Waals surface area contributed by atoms with Crippen LogP contribution >= 0.6 is 0 Å². The van der Waals surface area contributed by atoms with Gasteiger partial charge in [-0.1, -0.05) is 0 Å². The second-order valence-corrected chi connectivity index (χ2v) is 6.07. The minimum atomic E-state index is -0.660. The molecule has 0 saturated heterocycles. The van der Waals surface area contributed by atoms with E-state index >= 15 is 0 Å². The minimum Gasteiger partial charge on any atom is -0.481 e. The first kappa shape index (κ1) is 9.64. The monoisotopic (exact) mass is 209 g/mol. The molecule has 0 amide bonds. The number of hydrogen-bond donors (Lipinski definition) is 2. The summed E-state index contributed by atoms with van der Waals surface area (Å²) in [4.78, 5) is 11.0. The number of rotatable bonds is 2. The van der Waals surface area contributed by atoms with E-state index in [1.54, 1.807) is 0 Å². The summed E-state index contributed by atoms with van der Waals surface area (Å²) in [5.74, 6) is 1.52. The molecule has 2 unspecified atom stereocenters. The molecule has 0 radical (unpaired) electrons. The van der Waals surface area contributed by atoms with Gasteiger partial charge in [-0.15, -0.1) is 0 Å². The number of nitrogens with two attached hydrogens (primary N) is 1. The summed E-state index contributed by atoms with van der Waals surface area (Å²) in [5, 5.41) is 9.04. The average molecular weight is 209 g/mol. The summed E-state index contributed by atoms with van der Waals surface area (Å²) < 4.78 is 0. The van der Waals surface area contributed by atoms with Gasteiger partial charge in [-0.2, -0.15) is 0 Å². The molecule has 4 aliphatic rings. The summed E-state index contributed by atoms with van der Waals surface area (Å²) >= 11 is 0. The predicted molar refractivity (Wildman–Crippen MR) is 56.2 cm³/mol. The van der Waals surface area contributed by atoms with Crippen LogP contribution in [0.2, 0.25) is 0 Å². The van der Waals surface area contributed by atoms with E-state index in [-0.39, 0.29) is 11.5 Å². The van der Waals surface area contributed by atoms with Crippen molar-refractivity contribution in [3.05, 3.63) is 0 Å². The zero-order valence-corrected chi connectivity index (χ0v) is 8.98. The van der Waals surface area contributed by atoms with Crippen molar-refractivity contribution >= 4 is 5.97 Å². The van der Waals surface area contributed by atoms with E-state index in [1.165, 1.54) is 19.3 Å². The highest BCUT2D eigenvalue weighted by Gasteiger charge is 2.56. The molecule has 4 bridgehead atoms. The van der Waals surface area contributed by atoms with Crippen LogP contribution in [0.15, 0.2) is 0 Å². The van der Waals surface area contributed by atoms with Crippen molar-refractivity contribution in [2.24, 2.45) is 28.9 Å². The first-order chi connectivity index (χ1) is 7.09. The molecule has 84 valence electrons. The lowest BCUT2D eigenvalue weighted by molar-refractivity contribution is -0.147. The Morgan fingerprint density at radius 2 is 1.87 bits per heavy atom. The van der Waals surface area contributed by atoms with Gasteiger partial charge in [0.05, 0.1) is 6.42 Å². The highest BCUT2D eigenvalue weighted by Crippen LogP contribution is 2.60. The Morgan fingerprint density at radius 3 is 2.40 bits per heavy atom. The molecule has 3 nitrogen and oxygen atoms in total. The van der Waals surface area contributed by atoms with Crippen LogP contribution in [0.1, 0.15) is 38.5 Å². The highest BCUT2D eigenvalue weighted by atomic mass is 16.4. The van der Waals surface area contributed by atoms with Crippen molar-refractivity contribution in [2.45, 2.75) is 44.6 Å². The maximum atomic E-state index is 11.0. The maximum Gasteiger partial charge on any atom is 0.303 e. The molecule has 4 saturated carbocycles. The van der Waals surface area contributed by atoms with Crippen molar-refractivity contribution in [3.8, 4) is 0 Å². The van der Waals surface area contributed by atoms with Gasteiger partial charge in [0, 0.05) is 6.04 Å². The van der Waals surface area contributed by atoms with Gasteiger partial charge in [-0.05, 0) is 55.3 Å². The van der Waals surface area contributed by atoms with Gasteiger partial charge < -0.3 is 10.8 Å². The Bertz CT molecular complexity index is 288. The molecule has 3 N–H and O–H groups in total. The third-order valence-electron chi connectivity index (χ3n) is 5.05. The van der Waals surface area contributed by atoms with E-state index in [4.69, 9.17) is 10.8 Å². The van der Waals surface area contributed by atoms with Crippen LogP contribution < -0.4 is 5.73 Å². The van der Waals surface area contributed by atoms with Crippen LogP contribution in [0, 0.1) is 23.2 Å². The van der Waals surface area contributed by atoms with E-state index in [2.05, 4.69) is 0 Å². The molecule has 0 aromatic carbocycles. The molecule has 4 aliphatic carbocycles. The van der Waals surface area contributed by atoms with E-state index in [0.29, 0.717) is 12.3 Å². The molecule has 15 heavy (non-hydrogen) atoms. The molecule has 4 rings (SSSR count). The minimum absolute atomic E-state index is 0.0411. The third-order valence-corrected chi connectivity index (χ3v) is 5.05. The van der Waals surface area contributed by atoms with E-state index in [9.17, 15) is 4.79 Å². The Morgan fingerprint density at radius 1 is 1.27 bits per heavy atom. The normalized spacial score (nSPS) is 52.1. The molecule has 0 heterocycles. The van der Waals surface area contributed by atoms with E-state index in [0.717, 1.165) is 24.7 Å². The van der Waals surface area contributed by atoms with Crippen LogP contribution in [-0.4, -0.2) is 17.1 Å². The van der Waals surface area contributed by atoms with Crippen molar-refractivity contribution in [2.75, 3.05) is 0 Å². The number of aliphatic carboxylic acids is 1. The Balaban J connectivity index is 1.90. The zero-order chi connectivity index (χ0) is 10.6. The maximum absolute atomic E-state index is 11.0. The van der Waals surface area contributed by atoms with E-state index in [1.807, 2.05) is 0 Å². The summed E-state index contributed by atoms with van der Waals surface area (Å²) in [6.45, 7) is 0. The molecule has 0 aromatic rings. The second kappa shape index (κ2) is 2.97. The summed E-state index contributed by atoms with van der Waals surface area (Å²) in [6.07, 6.45) is 6.32. The number of carboxylic acid groups (broad SMARTS) is 1. The van der Waals surface area contributed by atoms with Crippen molar-refractivity contribution in [3.63, 3.8) is 0 Å². The topological polar surface area (TPSA) is 63.3 Å². The molecular weight excluding hydrogens is 190 g/mol. The molecular formula is C12H19NO2. The lowest BCUT2D eigenvalue weighted by Crippen LogP contribution is -2.60. The van der Waals surface area contributed by atoms with Crippen LogP contribution in [0.3, 0.4) is 0 Å². The fourth-order valence-corrected chi connectivity index (χ4v) is 4.81. The average Bonchev–Trinajstić information content (AvgIpc) is 2.11. The summed E-state index contributed by atoms with van der Waals surface area (Å²) in [7, 11) is 0. The first-order valence-electron chi connectivity index (χ1n) is 6.06. The fourth-order valence-electron chi connectivity index (χ4n) is 4.81. The lowest BCUT2D eigenvalue weighted by atomic mass is 9.47. The Hall–Kier alpha value is -0.570. The molecule has 3 heteroatoms. The quantitative estimate of drug-likeness (QED) is 0.726. The smallest absolute Gasteiger partial charge is 0.303 e. The lowest BCUT2D eigenvalue weighted by Gasteiger charge is -2.60. The second-order valence-electron chi connectivity index (χ2n) is 6.07. The number of carbonyl (C=O) groups is 1. The SMILES string of the molecule is N[C@H]1C2CC3CC(C2)CC1(CC(=O)O)C3. The van der Waals surface area contributed by atoms with Crippen LogP contribution in [0.4, 0.5) is 0 Å². The largest absolute Gasteiger partial charge is 0.481 e. The number of hydrogen-bond acceptors (Lipinski definition) is 2. The van der Waals surface area contributed by atoms with Crippen molar-refractivity contribution < 1.29 is 9.90 Å². The van der Waals surface area contributed by atoms with E-state index < -0.39 is 5.97 Å². The van der Waals surface area contributed by atoms with Gasteiger partial charge in [-0.3, -0.25) is 4.79 Å². The van der Waals surface area contributed by atoms with Crippen LogP contribution in [0.25, 0.3) is 0 Å². The molecule has 0 spiro atoms. The van der Waals surface area contributed by atoms with Crippen molar-refractivity contribution in [1.29, 1.82) is 0 Å². The fraction of sp³-hybridized carbons (Fsp3) is 0.917. The number of carboxylic acids is 1. The third kappa shape index (κ3) is 1.32. The standard InChI is InChI=1S/C12H19NO2/c13-11-9-2-7-1-8(3-9)5-12(11,4-7)6-10(14)15/h7-9,11H,1-6,13H2,(H,14,15)/t7?,8?,9?,11-,12?/m0/s1. The molecule has 0 aromatic heterocycles. The predicted octanol–water partition coefficient (Wildman–Crippen LogP) is 1.61. The molecule has 0 aliphatic heterocycles. The Kier molecular flexibility index (Phi) is 1.91. The molecule has 4 fully saturated rings. The summed E-state index contributed by atoms with van der Waals surface area (Å²) in [6, 6.07) is 0.154. The van der Waals surface area contributed by atoms with Gasteiger partial charge in [0.25, 0.3) is 0 Å². The zero-order valence-electron chi connectivity index (χ0n) is 8.98. The van der Waals surface area contributed by atoms with Crippen molar-refractivity contribution in [1.82, 2.24) is 0 Å².